The molecule has 1 saturated heterocycles. The Morgan fingerprint density at radius 2 is 1.33 bits per heavy atom. The third kappa shape index (κ3) is 1.89. The summed E-state index contributed by atoms with van der Waals surface area (Å²) in [5, 5.41) is 3.24. The normalized spacial score (nSPS) is 39.6. The van der Waals surface area contributed by atoms with Crippen molar-refractivity contribution in [2.24, 2.45) is 23.7 Å². The molecule has 2 atom stereocenters. The molecule has 2 saturated carbocycles. The molecule has 88 valence electrons. The lowest BCUT2D eigenvalue weighted by atomic mass is 9.91. The first-order valence-electron chi connectivity index (χ1n) is 5.80. The van der Waals surface area contributed by atoms with E-state index >= 15 is 0 Å². The van der Waals surface area contributed by atoms with E-state index in [1.165, 1.54) is 0 Å². The zero-order valence-electron chi connectivity index (χ0n) is 8.72. The fourth-order valence-corrected chi connectivity index (χ4v) is 3.25. The lowest BCUT2D eigenvalue weighted by Crippen LogP contribution is -2.29. The van der Waals surface area contributed by atoms with Gasteiger partial charge in [0.05, 0.1) is 0 Å². The van der Waals surface area contributed by atoms with Gasteiger partial charge in [0.2, 0.25) is 0 Å². The topological polar surface area (TPSA) is 12.0 Å². The van der Waals surface area contributed by atoms with E-state index in [0.29, 0.717) is 11.8 Å². The Kier molecular flexibility index (Phi) is 2.97. The van der Waals surface area contributed by atoms with E-state index in [9.17, 15) is 8.78 Å². The fraction of sp³-hybridized carbons (Fsp3) is 1.00. The zero-order chi connectivity index (χ0) is 9.76. The van der Waals surface area contributed by atoms with Crippen LogP contribution >= 0.6 is 12.4 Å². The number of alkyl halides is 2. The number of hydrogen-bond acceptors (Lipinski definition) is 1. The highest BCUT2D eigenvalue weighted by Gasteiger charge is 2.73. The Balaban J connectivity index is 0.000000853. The van der Waals surface area contributed by atoms with E-state index in [4.69, 9.17) is 0 Å². The molecule has 0 aromatic carbocycles. The molecule has 15 heavy (non-hydrogen) atoms. The molecular weight excluding hydrogens is 220 g/mol. The van der Waals surface area contributed by atoms with Crippen molar-refractivity contribution in [2.75, 3.05) is 13.1 Å². The van der Waals surface area contributed by atoms with Crippen molar-refractivity contribution in [3.63, 3.8) is 0 Å². The number of nitrogens with one attached hydrogen (secondary N) is 1. The summed E-state index contributed by atoms with van der Waals surface area (Å²) in [6.07, 6.45) is 4.04. The molecule has 2 unspecified atom stereocenters. The van der Waals surface area contributed by atoms with Gasteiger partial charge >= 0.3 is 0 Å². The van der Waals surface area contributed by atoms with Crippen LogP contribution in [0, 0.1) is 23.7 Å². The van der Waals surface area contributed by atoms with Gasteiger partial charge in [-0.2, -0.15) is 0 Å². The third-order valence-corrected chi connectivity index (χ3v) is 4.19. The smallest absolute Gasteiger partial charge is 0.255 e. The summed E-state index contributed by atoms with van der Waals surface area (Å²) >= 11 is 0. The number of rotatable bonds is 2. The molecule has 2 aliphatic carbocycles. The molecule has 0 spiro atoms. The second-order valence-electron chi connectivity index (χ2n) is 5.15. The molecule has 1 aliphatic heterocycles. The molecule has 3 rings (SSSR count). The standard InChI is InChI=1S/C11H17F2N.ClH/c12-11(13)9(7-1-2-7)10(11)8-3-5-14-6-4-8;/h7-10,14H,1-6H2;1H. The molecule has 0 radical (unpaired) electrons. The Labute approximate surface area is 95.4 Å². The van der Waals surface area contributed by atoms with Gasteiger partial charge in [-0.15, -0.1) is 12.4 Å². The van der Waals surface area contributed by atoms with Crippen LogP contribution in [0.5, 0.6) is 0 Å². The molecule has 3 fully saturated rings. The van der Waals surface area contributed by atoms with Gasteiger partial charge in [0.25, 0.3) is 5.92 Å². The summed E-state index contributed by atoms with van der Waals surface area (Å²) in [6.45, 7) is 1.88. The summed E-state index contributed by atoms with van der Waals surface area (Å²) in [5.74, 6) is -2.10. The fourth-order valence-electron chi connectivity index (χ4n) is 3.25. The van der Waals surface area contributed by atoms with Crippen LogP contribution in [0.15, 0.2) is 0 Å². The second kappa shape index (κ2) is 3.85. The van der Waals surface area contributed by atoms with Crippen molar-refractivity contribution in [1.82, 2.24) is 5.32 Å². The Hall–Kier alpha value is 0.110. The van der Waals surface area contributed by atoms with Crippen LogP contribution in [0.2, 0.25) is 0 Å². The van der Waals surface area contributed by atoms with Crippen LogP contribution in [0.1, 0.15) is 25.7 Å². The first-order chi connectivity index (χ1) is 6.71. The molecule has 0 amide bonds. The number of halogens is 3. The van der Waals surface area contributed by atoms with E-state index < -0.39 is 5.92 Å². The quantitative estimate of drug-likeness (QED) is 0.779. The number of piperidine rings is 1. The van der Waals surface area contributed by atoms with Gasteiger partial charge in [-0.25, -0.2) is 8.78 Å². The maximum Gasteiger partial charge on any atom is 0.255 e. The molecule has 1 nitrogen and oxygen atoms in total. The van der Waals surface area contributed by atoms with Crippen LogP contribution < -0.4 is 5.32 Å². The first kappa shape index (κ1) is 11.6. The van der Waals surface area contributed by atoms with E-state index in [1.807, 2.05) is 0 Å². The summed E-state index contributed by atoms with van der Waals surface area (Å²) in [7, 11) is 0. The molecule has 0 bridgehead atoms. The highest BCUT2D eigenvalue weighted by Crippen LogP contribution is 2.68. The third-order valence-electron chi connectivity index (χ3n) is 4.19. The minimum atomic E-state index is -2.30. The summed E-state index contributed by atoms with van der Waals surface area (Å²) < 4.78 is 27.0. The molecule has 1 heterocycles. The van der Waals surface area contributed by atoms with E-state index in [-0.39, 0.29) is 24.2 Å². The van der Waals surface area contributed by atoms with Crippen molar-refractivity contribution in [2.45, 2.75) is 31.6 Å². The van der Waals surface area contributed by atoms with Crippen LogP contribution in [0.25, 0.3) is 0 Å². The highest BCUT2D eigenvalue weighted by molar-refractivity contribution is 5.85. The molecule has 4 heteroatoms. The van der Waals surface area contributed by atoms with Gasteiger partial charge in [0, 0.05) is 11.8 Å². The van der Waals surface area contributed by atoms with Gasteiger partial charge in [-0.05, 0) is 50.6 Å². The summed E-state index contributed by atoms with van der Waals surface area (Å²) in [4.78, 5) is 0. The van der Waals surface area contributed by atoms with Crippen LogP contribution in [-0.2, 0) is 0 Å². The molecule has 0 aromatic heterocycles. The van der Waals surface area contributed by atoms with Gasteiger partial charge < -0.3 is 5.32 Å². The van der Waals surface area contributed by atoms with Crippen molar-refractivity contribution >= 4 is 12.4 Å². The van der Waals surface area contributed by atoms with Crippen molar-refractivity contribution in [3.8, 4) is 0 Å². The van der Waals surface area contributed by atoms with Crippen LogP contribution in [0.4, 0.5) is 8.78 Å². The van der Waals surface area contributed by atoms with Gasteiger partial charge in [-0.3, -0.25) is 0 Å². The van der Waals surface area contributed by atoms with Crippen LogP contribution in [-0.4, -0.2) is 19.0 Å². The van der Waals surface area contributed by atoms with E-state index in [1.54, 1.807) is 0 Å². The monoisotopic (exact) mass is 237 g/mol. The highest BCUT2D eigenvalue weighted by atomic mass is 35.5. The summed E-state index contributed by atoms with van der Waals surface area (Å²) in [5.41, 5.74) is 0. The minimum absolute atomic E-state index is 0. The molecular formula is C11H18ClF2N. The largest absolute Gasteiger partial charge is 0.317 e. The average Bonchev–Trinajstić information content (AvgIpc) is 3.03. The zero-order valence-corrected chi connectivity index (χ0v) is 9.53. The van der Waals surface area contributed by atoms with E-state index in [0.717, 1.165) is 38.8 Å². The Bertz CT molecular complexity index is 237. The lowest BCUT2D eigenvalue weighted by Gasteiger charge is -2.22. The maximum atomic E-state index is 13.5. The lowest BCUT2D eigenvalue weighted by molar-refractivity contribution is 0.0675. The van der Waals surface area contributed by atoms with E-state index in [2.05, 4.69) is 5.32 Å². The van der Waals surface area contributed by atoms with Gasteiger partial charge in [0.1, 0.15) is 0 Å². The SMILES string of the molecule is Cl.FC1(F)C(C2CCNCC2)C1C1CC1. The summed E-state index contributed by atoms with van der Waals surface area (Å²) in [6, 6.07) is 0. The number of hydrogen-bond donors (Lipinski definition) is 1. The molecule has 3 aliphatic rings. The first-order valence-corrected chi connectivity index (χ1v) is 5.80. The van der Waals surface area contributed by atoms with Crippen molar-refractivity contribution < 1.29 is 8.78 Å². The predicted octanol–water partition coefficient (Wildman–Crippen LogP) is 2.70. The maximum absolute atomic E-state index is 13.5. The van der Waals surface area contributed by atoms with Crippen molar-refractivity contribution in [3.05, 3.63) is 0 Å². The molecule has 0 aromatic rings. The van der Waals surface area contributed by atoms with Gasteiger partial charge in [-0.1, -0.05) is 0 Å². The minimum Gasteiger partial charge on any atom is -0.317 e. The average molecular weight is 238 g/mol. The molecule has 1 N–H and O–H groups in total. The van der Waals surface area contributed by atoms with Gasteiger partial charge in [0.15, 0.2) is 0 Å². The second-order valence-corrected chi connectivity index (χ2v) is 5.15. The van der Waals surface area contributed by atoms with Crippen LogP contribution in [0.3, 0.4) is 0 Å². The Morgan fingerprint density at radius 3 is 1.80 bits per heavy atom. The van der Waals surface area contributed by atoms with Crippen molar-refractivity contribution in [1.29, 1.82) is 0 Å². The predicted molar refractivity (Wildman–Crippen MR) is 57.5 cm³/mol. The Morgan fingerprint density at radius 1 is 0.867 bits per heavy atom.